The number of hydrogen-bond donors (Lipinski definition) is 2. The van der Waals surface area contributed by atoms with Crippen LogP contribution in [0.1, 0.15) is 47.2 Å². The molecule has 0 unspecified atom stereocenters. The third-order valence-electron chi connectivity index (χ3n) is 8.18. The topological polar surface area (TPSA) is 116 Å². The Hall–Kier alpha value is -2.92. The molecular weight excluding hydrogens is 575 g/mol. The first-order chi connectivity index (χ1) is 18.9. The fourth-order valence-corrected chi connectivity index (χ4v) is 7.44. The molecule has 0 saturated carbocycles. The predicted molar refractivity (Wildman–Crippen MR) is 154 cm³/mol. The first kappa shape index (κ1) is 28.6. The summed E-state index contributed by atoms with van der Waals surface area (Å²) in [6.45, 7) is 6.98. The van der Waals surface area contributed by atoms with Gasteiger partial charge in [-0.2, -0.15) is 4.31 Å². The van der Waals surface area contributed by atoms with Gasteiger partial charge >= 0.3 is 0 Å². The number of halogens is 2. The highest BCUT2D eigenvalue weighted by Crippen LogP contribution is 2.54. The summed E-state index contributed by atoms with van der Waals surface area (Å²) in [5.41, 5.74) is 1.58. The second-order valence-electron chi connectivity index (χ2n) is 10.5. The van der Waals surface area contributed by atoms with E-state index in [0.717, 1.165) is 6.26 Å². The maximum Gasteiger partial charge on any atom is 0.254 e. The van der Waals surface area contributed by atoms with E-state index in [9.17, 15) is 22.8 Å². The Morgan fingerprint density at radius 3 is 2.42 bits per heavy atom. The quantitative estimate of drug-likeness (QED) is 0.506. The molecule has 2 N–H and O–H groups in total. The minimum atomic E-state index is -3.35. The zero-order valence-corrected chi connectivity index (χ0v) is 24.5. The summed E-state index contributed by atoms with van der Waals surface area (Å²) in [6, 6.07) is 9.43. The van der Waals surface area contributed by atoms with E-state index in [2.05, 4.69) is 17.2 Å². The normalized spacial score (nSPS) is 24.9. The van der Waals surface area contributed by atoms with E-state index in [-0.39, 0.29) is 55.3 Å². The molecule has 2 saturated heterocycles. The van der Waals surface area contributed by atoms with E-state index >= 15 is 0 Å². The van der Waals surface area contributed by atoms with E-state index in [1.165, 1.54) is 4.31 Å². The highest BCUT2D eigenvalue weighted by Gasteiger charge is 2.61. The van der Waals surface area contributed by atoms with Crippen molar-refractivity contribution >= 4 is 56.6 Å². The fourth-order valence-electron chi connectivity index (χ4n) is 6.19. The SMILES string of the molecule is C=C(CC)[C@H]1NC(=O)C[C@@H](c2cc(Cl)cc(C(=O)N3CCN(S(C)(=O)=O)CC3)c2)[C@]12C(=O)Nc1cc(Cl)ccc12. The standard InChI is InChI=1S/C28H30Cl2N4O5S/c1-4-16(2)25-28(21-6-5-19(29)14-23(21)31-27(28)37)22(15-24(35)32-25)17-11-18(13-20(30)12-17)26(36)33-7-9-34(10-8-33)40(3,38)39/h5-6,11-14,22,25H,2,4,7-10,15H2,1,3H3,(H,31,37)(H,32,35)/t22-,25+,28-/m0/s1. The Kier molecular flexibility index (Phi) is 7.50. The van der Waals surface area contributed by atoms with Crippen LogP contribution < -0.4 is 10.6 Å². The number of rotatable bonds is 5. The van der Waals surface area contributed by atoms with Crippen LogP contribution in [0.4, 0.5) is 5.69 Å². The monoisotopic (exact) mass is 604 g/mol. The van der Waals surface area contributed by atoms with Gasteiger partial charge < -0.3 is 15.5 Å². The fraction of sp³-hybridized carbons (Fsp3) is 0.393. The molecule has 3 aliphatic rings. The van der Waals surface area contributed by atoms with Crippen molar-refractivity contribution in [3.63, 3.8) is 0 Å². The van der Waals surface area contributed by atoms with Gasteiger partial charge in [0.2, 0.25) is 21.8 Å². The Morgan fingerprint density at radius 2 is 1.77 bits per heavy atom. The van der Waals surface area contributed by atoms with Gasteiger partial charge in [-0.05, 0) is 47.9 Å². The number of fused-ring (bicyclic) bond motifs is 2. The lowest BCUT2D eigenvalue weighted by atomic mass is 9.59. The van der Waals surface area contributed by atoms with Crippen LogP contribution in [-0.4, -0.2) is 73.8 Å². The Labute approximate surface area is 243 Å². The molecule has 5 rings (SSSR count). The highest BCUT2D eigenvalue weighted by molar-refractivity contribution is 7.88. The number of nitrogens with one attached hydrogen (secondary N) is 2. The molecule has 2 aromatic carbocycles. The third kappa shape index (κ3) is 4.81. The van der Waals surface area contributed by atoms with Crippen molar-refractivity contribution in [3.05, 3.63) is 75.3 Å². The average molecular weight is 606 g/mol. The number of nitrogens with zero attached hydrogens (tertiary/aromatic N) is 2. The summed E-state index contributed by atoms with van der Waals surface area (Å²) in [5, 5.41) is 6.73. The summed E-state index contributed by atoms with van der Waals surface area (Å²) in [5.74, 6) is -1.50. The van der Waals surface area contributed by atoms with Gasteiger partial charge in [0.15, 0.2) is 0 Å². The molecule has 3 heterocycles. The number of anilines is 1. The number of piperazine rings is 1. The van der Waals surface area contributed by atoms with Crippen LogP contribution in [0, 0.1) is 0 Å². The lowest BCUT2D eigenvalue weighted by Crippen LogP contribution is -2.62. The van der Waals surface area contributed by atoms with Crippen molar-refractivity contribution in [2.75, 3.05) is 37.8 Å². The van der Waals surface area contributed by atoms with Crippen molar-refractivity contribution in [1.29, 1.82) is 0 Å². The van der Waals surface area contributed by atoms with Gasteiger partial charge in [0, 0.05) is 59.8 Å². The molecule has 212 valence electrons. The summed E-state index contributed by atoms with van der Waals surface area (Å²) < 4.78 is 25.1. The van der Waals surface area contributed by atoms with E-state index in [0.29, 0.717) is 39.4 Å². The second-order valence-corrected chi connectivity index (χ2v) is 13.4. The van der Waals surface area contributed by atoms with Crippen molar-refractivity contribution in [2.24, 2.45) is 0 Å². The van der Waals surface area contributed by atoms with Crippen LogP contribution in [0.3, 0.4) is 0 Å². The Balaban J connectivity index is 1.59. The van der Waals surface area contributed by atoms with Crippen molar-refractivity contribution in [3.8, 4) is 0 Å². The minimum absolute atomic E-state index is 0.00993. The van der Waals surface area contributed by atoms with Crippen LogP contribution in [0.2, 0.25) is 10.0 Å². The molecule has 0 radical (unpaired) electrons. The molecule has 40 heavy (non-hydrogen) atoms. The molecule has 12 heteroatoms. The highest BCUT2D eigenvalue weighted by atomic mass is 35.5. The zero-order chi connectivity index (χ0) is 29.0. The van der Waals surface area contributed by atoms with Crippen LogP contribution in [0.5, 0.6) is 0 Å². The Bertz CT molecular complexity index is 1540. The molecular formula is C28H30Cl2N4O5S. The predicted octanol–water partition coefficient (Wildman–Crippen LogP) is 3.54. The summed E-state index contributed by atoms with van der Waals surface area (Å²) in [4.78, 5) is 42.2. The van der Waals surface area contributed by atoms with Gasteiger partial charge in [0.05, 0.1) is 12.3 Å². The molecule has 0 aromatic heterocycles. The van der Waals surface area contributed by atoms with Gasteiger partial charge in [-0.15, -0.1) is 0 Å². The smallest absolute Gasteiger partial charge is 0.254 e. The number of hydrogen-bond acceptors (Lipinski definition) is 5. The summed E-state index contributed by atoms with van der Waals surface area (Å²) >= 11 is 12.8. The molecule has 9 nitrogen and oxygen atoms in total. The van der Waals surface area contributed by atoms with Crippen LogP contribution in [0.15, 0.2) is 48.6 Å². The van der Waals surface area contributed by atoms with E-state index < -0.39 is 27.4 Å². The van der Waals surface area contributed by atoms with E-state index in [1.807, 2.05) is 6.92 Å². The van der Waals surface area contributed by atoms with Gasteiger partial charge in [-0.3, -0.25) is 14.4 Å². The molecule has 3 aliphatic heterocycles. The average Bonchev–Trinajstić information content (AvgIpc) is 3.18. The molecule has 2 aromatic rings. The van der Waals surface area contributed by atoms with Crippen molar-refractivity contribution in [2.45, 2.75) is 37.1 Å². The van der Waals surface area contributed by atoms with E-state index in [4.69, 9.17) is 23.2 Å². The lowest BCUT2D eigenvalue weighted by Gasteiger charge is -2.47. The molecule has 2 fully saturated rings. The van der Waals surface area contributed by atoms with Gasteiger partial charge in [-0.25, -0.2) is 8.42 Å². The van der Waals surface area contributed by atoms with Crippen LogP contribution in [0.25, 0.3) is 0 Å². The molecule has 0 aliphatic carbocycles. The van der Waals surface area contributed by atoms with Crippen LogP contribution >= 0.6 is 23.2 Å². The molecule has 3 atom stereocenters. The zero-order valence-electron chi connectivity index (χ0n) is 22.2. The maximum absolute atomic E-state index is 14.0. The third-order valence-corrected chi connectivity index (χ3v) is 9.93. The largest absolute Gasteiger partial charge is 0.348 e. The van der Waals surface area contributed by atoms with Gasteiger partial charge in [-0.1, -0.05) is 48.3 Å². The van der Waals surface area contributed by atoms with Crippen LogP contribution in [-0.2, 0) is 25.0 Å². The lowest BCUT2D eigenvalue weighted by molar-refractivity contribution is -0.130. The second kappa shape index (κ2) is 10.5. The number of carbonyl (C=O) groups is 3. The first-order valence-corrected chi connectivity index (χ1v) is 15.6. The number of benzene rings is 2. The number of piperidine rings is 1. The van der Waals surface area contributed by atoms with Crippen molar-refractivity contribution in [1.82, 2.24) is 14.5 Å². The summed E-state index contributed by atoms with van der Waals surface area (Å²) in [7, 11) is -3.35. The first-order valence-electron chi connectivity index (χ1n) is 13.0. The minimum Gasteiger partial charge on any atom is -0.348 e. The molecule has 1 spiro atoms. The van der Waals surface area contributed by atoms with Crippen molar-refractivity contribution < 1.29 is 22.8 Å². The van der Waals surface area contributed by atoms with Gasteiger partial charge in [0.25, 0.3) is 5.91 Å². The number of sulfonamides is 1. The maximum atomic E-state index is 14.0. The molecule has 3 amide bonds. The molecule has 0 bridgehead atoms. The Morgan fingerprint density at radius 1 is 1.07 bits per heavy atom. The van der Waals surface area contributed by atoms with Gasteiger partial charge in [0.1, 0.15) is 5.41 Å². The van der Waals surface area contributed by atoms with E-state index in [1.54, 1.807) is 41.3 Å². The number of carbonyl (C=O) groups excluding carboxylic acids is 3. The summed E-state index contributed by atoms with van der Waals surface area (Å²) in [6.07, 6.45) is 1.67. The number of amides is 3.